The molecule has 2 aromatic rings. The first-order valence-electron chi connectivity index (χ1n) is 10.0. The summed E-state index contributed by atoms with van der Waals surface area (Å²) >= 11 is 0. The van der Waals surface area contributed by atoms with Crippen molar-refractivity contribution in [1.82, 2.24) is 5.32 Å². The van der Waals surface area contributed by atoms with Crippen molar-refractivity contribution in [3.8, 4) is 5.75 Å². The Hall–Kier alpha value is -2.89. The van der Waals surface area contributed by atoms with Gasteiger partial charge in [0.2, 0.25) is 5.91 Å². The molecule has 1 aliphatic heterocycles. The number of carbonyl (C=O) groups is 1. The van der Waals surface area contributed by atoms with E-state index >= 15 is 0 Å². The number of morpholine rings is 1. The largest absolute Gasteiger partial charge is 0.490 e. The molecule has 0 unspecified atom stereocenters. The van der Waals surface area contributed by atoms with Gasteiger partial charge < -0.3 is 19.7 Å². The van der Waals surface area contributed by atoms with Gasteiger partial charge in [-0.3, -0.25) is 4.79 Å². The van der Waals surface area contributed by atoms with Crippen molar-refractivity contribution in [1.29, 1.82) is 0 Å². The van der Waals surface area contributed by atoms with Crippen LogP contribution in [0.25, 0.3) is 6.08 Å². The summed E-state index contributed by atoms with van der Waals surface area (Å²) in [6, 6.07) is 15.9. The highest BCUT2D eigenvalue weighted by molar-refractivity contribution is 5.91. The highest BCUT2D eigenvalue weighted by Crippen LogP contribution is 2.13. The Bertz CT molecular complexity index is 824. The SMILES string of the molecule is C=CCOc1ccc(/C=C/C(=O)NCc2ccccc2C[NH+]2CCOCC2)cc1. The molecule has 29 heavy (non-hydrogen) atoms. The predicted molar refractivity (Wildman–Crippen MR) is 115 cm³/mol. The van der Waals surface area contributed by atoms with Gasteiger partial charge in [-0.2, -0.15) is 0 Å². The maximum Gasteiger partial charge on any atom is 0.244 e. The molecule has 152 valence electrons. The molecule has 0 spiro atoms. The lowest BCUT2D eigenvalue weighted by Gasteiger charge is -2.24. The summed E-state index contributed by atoms with van der Waals surface area (Å²) < 4.78 is 10.9. The van der Waals surface area contributed by atoms with Crippen LogP contribution in [-0.2, 0) is 22.6 Å². The van der Waals surface area contributed by atoms with E-state index in [1.807, 2.05) is 30.3 Å². The van der Waals surface area contributed by atoms with Crippen LogP contribution >= 0.6 is 0 Å². The van der Waals surface area contributed by atoms with Gasteiger partial charge in [-0.25, -0.2) is 0 Å². The number of hydrogen-bond donors (Lipinski definition) is 2. The molecule has 1 fully saturated rings. The van der Waals surface area contributed by atoms with Gasteiger partial charge in [0.25, 0.3) is 0 Å². The van der Waals surface area contributed by atoms with E-state index in [0.29, 0.717) is 13.2 Å². The van der Waals surface area contributed by atoms with Gasteiger partial charge >= 0.3 is 0 Å². The highest BCUT2D eigenvalue weighted by Gasteiger charge is 2.15. The number of nitrogens with one attached hydrogen (secondary N) is 2. The van der Waals surface area contributed by atoms with Crippen molar-refractivity contribution in [3.05, 3.63) is 84.0 Å². The predicted octanol–water partition coefficient (Wildman–Crippen LogP) is 2.00. The van der Waals surface area contributed by atoms with Crippen LogP contribution in [-0.4, -0.2) is 38.8 Å². The van der Waals surface area contributed by atoms with E-state index in [1.54, 1.807) is 18.2 Å². The third-order valence-electron chi connectivity index (χ3n) is 4.89. The van der Waals surface area contributed by atoms with Gasteiger partial charge in [0, 0.05) is 18.2 Å². The zero-order valence-electron chi connectivity index (χ0n) is 16.7. The Morgan fingerprint density at radius 1 is 1.10 bits per heavy atom. The molecule has 5 nitrogen and oxygen atoms in total. The number of hydrogen-bond acceptors (Lipinski definition) is 3. The first-order chi connectivity index (χ1) is 14.2. The lowest BCUT2D eigenvalue weighted by molar-refractivity contribution is -0.921. The molecule has 0 aliphatic carbocycles. The van der Waals surface area contributed by atoms with E-state index in [1.165, 1.54) is 10.5 Å². The van der Waals surface area contributed by atoms with Gasteiger partial charge in [0.05, 0.1) is 13.2 Å². The van der Waals surface area contributed by atoms with E-state index in [4.69, 9.17) is 9.47 Å². The van der Waals surface area contributed by atoms with E-state index < -0.39 is 0 Å². The average molecular weight is 394 g/mol. The third-order valence-corrected chi connectivity index (χ3v) is 4.89. The van der Waals surface area contributed by atoms with Crippen molar-refractivity contribution in [2.75, 3.05) is 32.9 Å². The van der Waals surface area contributed by atoms with E-state index in [2.05, 4.69) is 30.1 Å². The molecule has 1 saturated heterocycles. The molecule has 0 atom stereocenters. The van der Waals surface area contributed by atoms with Crippen LogP contribution in [0, 0.1) is 0 Å². The molecule has 0 aromatic heterocycles. The van der Waals surface area contributed by atoms with E-state index in [-0.39, 0.29) is 5.91 Å². The summed E-state index contributed by atoms with van der Waals surface area (Å²) in [6.07, 6.45) is 5.07. The summed E-state index contributed by atoms with van der Waals surface area (Å²) in [5.41, 5.74) is 3.39. The van der Waals surface area contributed by atoms with Gasteiger partial charge in [-0.15, -0.1) is 0 Å². The minimum absolute atomic E-state index is 0.106. The first-order valence-corrected chi connectivity index (χ1v) is 10.0. The minimum atomic E-state index is -0.106. The van der Waals surface area contributed by atoms with Crippen LogP contribution in [0.4, 0.5) is 0 Å². The zero-order valence-corrected chi connectivity index (χ0v) is 16.7. The molecular weight excluding hydrogens is 364 g/mol. The van der Waals surface area contributed by atoms with E-state index in [9.17, 15) is 4.79 Å². The molecular formula is C24H29N2O3+. The third kappa shape index (κ3) is 6.89. The second-order valence-corrected chi connectivity index (χ2v) is 7.03. The Kier molecular flexibility index (Phi) is 8.04. The van der Waals surface area contributed by atoms with Crippen molar-refractivity contribution < 1.29 is 19.2 Å². The zero-order chi connectivity index (χ0) is 20.3. The summed E-state index contributed by atoms with van der Waals surface area (Å²) in [4.78, 5) is 13.8. The Morgan fingerprint density at radius 3 is 2.55 bits per heavy atom. The molecule has 0 bridgehead atoms. The Labute approximate surface area is 172 Å². The summed E-state index contributed by atoms with van der Waals surface area (Å²) in [6.45, 7) is 9.29. The molecule has 1 aliphatic rings. The molecule has 1 amide bonds. The number of quaternary nitrogens is 1. The number of ether oxygens (including phenoxy) is 2. The standard InChI is InChI=1S/C24H28N2O3/c1-2-15-29-23-10-7-20(8-11-23)9-12-24(27)25-18-21-5-3-4-6-22(21)19-26-13-16-28-17-14-26/h2-12H,1,13-19H2,(H,25,27)/p+1/b12-9+. The maximum absolute atomic E-state index is 12.2. The number of amides is 1. The van der Waals surface area contributed by atoms with Crippen LogP contribution in [0.3, 0.4) is 0 Å². The van der Waals surface area contributed by atoms with Gasteiger partial charge in [0.15, 0.2) is 0 Å². The molecule has 0 saturated carbocycles. The summed E-state index contributed by atoms with van der Waals surface area (Å²) in [5, 5.41) is 2.99. The molecule has 0 radical (unpaired) electrons. The van der Waals surface area contributed by atoms with E-state index in [0.717, 1.165) is 49.7 Å². The van der Waals surface area contributed by atoms with Crippen LogP contribution in [0.1, 0.15) is 16.7 Å². The molecule has 5 heteroatoms. The first kappa shape index (κ1) is 20.8. The fraction of sp³-hybridized carbons (Fsp3) is 0.292. The van der Waals surface area contributed by atoms with Crippen molar-refractivity contribution >= 4 is 12.0 Å². The normalized spacial score (nSPS) is 14.6. The fourth-order valence-corrected chi connectivity index (χ4v) is 3.25. The Morgan fingerprint density at radius 2 is 1.83 bits per heavy atom. The second kappa shape index (κ2) is 11.2. The van der Waals surface area contributed by atoms with Gasteiger partial charge in [0.1, 0.15) is 32.0 Å². The lowest BCUT2D eigenvalue weighted by Crippen LogP contribution is -3.12. The second-order valence-electron chi connectivity index (χ2n) is 7.03. The fourth-order valence-electron chi connectivity index (χ4n) is 3.25. The molecule has 3 rings (SSSR count). The highest BCUT2D eigenvalue weighted by atomic mass is 16.5. The molecule has 1 heterocycles. The monoisotopic (exact) mass is 393 g/mol. The average Bonchev–Trinajstić information content (AvgIpc) is 2.77. The van der Waals surface area contributed by atoms with Crippen LogP contribution in [0.15, 0.2) is 67.3 Å². The number of benzene rings is 2. The number of rotatable bonds is 9. The summed E-state index contributed by atoms with van der Waals surface area (Å²) in [7, 11) is 0. The van der Waals surface area contributed by atoms with Gasteiger partial charge in [-0.1, -0.05) is 49.1 Å². The lowest BCUT2D eigenvalue weighted by atomic mass is 10.1. The maximum atomic E-state index is 12.2. The van der Waals surface area contributed by atoms with Crippen LogP contribution in [0.2, 0.25) is 0 Å². The Balaban J connectivity index is 1.51. The molecule has 2 N–H and O–H groups in total. The van der Waals surface area contributed by atoms with Crippen LogP contribution in [0.5, 0.6) is 5.75 Å². The van der Waals surface area contributed by atoms with Crippen molar-refractivity contribution in [3.63, 3.8) is 0 Å². The van der Waals surface area contributed by atoms with Gasteiger partial charge in [-0.05, 0) is 29.3 Å². The topological polar surface area (TPSA) is 52.0 Å². The van der Waals surface area contributed by atoms with Crippen LogP contribution < -0.4 is 15.0 Å². The minimum Gasteiger partial charge on any atom is -0.490 e. The molecule has 2 aromatic carbocycles. The summed E-state index contributed by atoms with van der Waals surface area (Å²) in [5.74, 6) is 0.677. The smallest absolute Gasteiger partial charge is 0.244 e. The van der Waals surface area contributed by atoms with Crippen molar-refractivity contribution in [2.45, 2.75) is 13.1 Å². The number of carbonyl (C=O) groups excluding carboxylic acids is 1. The van der Waals surface area contributed by atoms with Crippen molar-refractivity contribution in [2.24, 2.45) is 0 Å². The quantitative estimate of drug-likeness (QED) is 0.506.